The molecule has 0 saturated carbocycles. The molecule has 5 rings (SSSR count). The first-order chi connectivity index (χ1) is 18.5. The number of thiophene rings is 1. The maximum atomic E-state index is 13.6. The number of carbonyl (C=O) groups is 3. The second-order valence-corrected chi connectivity index (χ2v) is 10.0. The molecule has 3 aromatic rings. The highest BCUT2D eigenvalue weighted by molar-refractivity contribution is 7.12. The van der Waals surface area contributed by atoms with Crippen molar-refractivity contribution in [1.82, 2.24) is 9.80 Å². The summed E-state index contributed by atoms with van der Waals surface area (Å²) in [6.07, 6.45) is 0. The van der Waals surface area contributed by atoms with E-state index in [-0.39, 0.29) is 17.7 Å². The van der Waals surface area contributed by atoms with Gasteiger partial charge in [0.2, 0.25) is 0 Å². The van der Waals surface area contributed by atoms with Crippen LogP contribution in [0.1, 0.15) is 30.4 Å². The first-order valence-corrected chi connectivity index (χ1v) is 13.5. The quantitative estimate of drug-likeness (QED) is 0.521. The molecule has 1 aromatic heterocycles. The maximum absolute atomic E-state index is 13.6. The fourth-order valence-electron chi connectivity index (χ4n) is 4.66. The molecule has 10 heteroatoms. The van der Waals surface area contributed by atoms with E-state index in [0.29, 0.717) is 79.9 Å². The van der Waals surface area contributed by atoms with Crippen LogP contribution in [0.25, 0.3) is 0 Å². The van der Waals surface area contributed by atoms with Crippen molar-refractivity contribution in [2.45, 2.75) is 0 Å². The number of piperazine rings is 1. The molecule has 0 spiro atoms. The molecule has 2 aliphatic heterocycles. The SMILES string of the molecule is COc1ccc(C(=O)N2CCN(c3ccc(NC(=O)c4cccs4)cc3C(=O)N3CCOCC3)CC2)cc1. The molecule has 0 radical (unpaired) electrons. The van der Waals surface area contributed by atoms with E-state index in [0.717, 1.165) is 5.69 Å². The van der Waals surface area contributed by atoms with E-state index in [1.807, 2.05) is 28.5 Å². The van der Waals surface area contributed by atoms with Crippen molar-refractivity contribution in [3.63, 3.8) is 0 Å². The Hall–Kier alpha value is -3.89. The van der Waals surface area contributed by atoms with Gasteiger partial charge in [0.25, 0.3) is 17.7 Å². The fraction of sp³-hybridized carbons (Fsp3) is 0.321. The van der Waals surface area contributed by atoms with E-state index in [9.17, 15) is 14.4 Å². The molecular weight excluding hydrogens is 504 g/mol. The Bertz CT molecular complexity index is 1280. The topological polar surface area (TPSA) is 91.4 Å². The molecule has 198 valence electrons. The Kier molecular flexibility index (Phi) is 7.90. The first-order valence-electron chi connectivity index (χ1n) is 12.6. The lowest BCUT2D eigenvalue weighted by atomic mass is 10.1. The number of rotatable bonds is 6. The number of morpholine rings is 1. The van der Waals surface area contributed by atoms with Crippen molar-refractivity contribution in [3.05, 3.63) is 76.0 Å². The average Bonchev–Trinajstić information content (AvgIpc) is 3.53. The van der Waals surface area contributed by atoms with E-state index in [2.05, 4.69) is 10.2 Å². The van der Waals surface area contributed by atoms with Gasteiger partial charge in [-0.3, -0.25) is 14.4 Å². The van der Waals surface area contributed by atoms with Gasteiger partial charge in [0.15, 0.2) is 0 Å². The second kappa shape index (κ2) is 11.7. The van der Waals surface area contributed by atoms with Gasteiger partial charge in [0.05, 0.1) is 30.8 Å². The number of methoxy groups -OCH3 is 1. The Morgan fingerprint density at radius 2 is 1.58 bits per heavy atom. The summed E-state index contributed by atoms with van der Waals surface area (Å²) >= 11 is 1.36. The Morgan fingerprint density at radius 1 is 0.868 bits per heavy atom. The summed E-state index contributed by atoms with van der Waals surface area (Å²) in [5.41, 5.74) is 2.52. The second-order valence-electron chi connectivity index (χ2n) is 9.08. The van der Waals surface area contributed by atoms with Crippen LogP contribution in [0.2, 0.25) is 0 Å². The molecule has 0 unspecified atom stereocenters. The summed E-state index contributed by atoms with van der Waals surface area (Å²) in [5.74, 6) is 0.387. The molecule has 38 heavy (non-hydrogen) atoms. The number of carbonyl (C=O) groups excluding carboxylic acids is 3. The van der Waals surface area contributed by atoms with Crippen LogP contribution in [0.15, 0.2) is 60.0 Å². The number of hydrogen-bond acceptors (Lipinski definition) is 7. The number of nitrogens with zero attached hydrogens (tertiary/aromatic N) is 3. The normalized spacial score (nSPS) is 15.8. The Morgan fingerprint density at radius 3 is 2.24 bits per heavy atom. The standard InChI is InChI=1S/C28H30N4O5S/c1-36-22-7-4-20(5-8-22)27(34)31-12-10-30(11-13-31)24-9-6-21(29-26(33)25-3-2-18-38-25)19-23(24)28(35)32-14-16-37-17-15-32/h2-9,18-19H,10-17H2,1H3,(H,29,33). The molecular formula is C28H30N4O5S. The summed E-state index contributed by atoms with van der Waals surface area (Å²) in [6.45, 7) is 4.30. The monoisotopic (exact) mass is 534 g/mol. The maximum Gasteiger partial charge on any atom is 0.265 e. The zero-order chi connectivity index (χ0) is 26.5. The van der Waals surface area contributed by atoms with E-state index in [1.165, 1.54) is 11.3 Å². The molecule has 2 fully saturated rings. The number of benzene rings is 2. The Balaban J connectivity index is 1.33. The highest BCUT2D eigenvalue weighted by Crippen LogP contribution is 2.28. The van der Waals surface area contributed by atoms with Crippen LogP contribution in [0.4, 0.5) is 11.4 Å². The minimum Gasteiger partial charge on any atom is -0.497 e. The van der Waals surface area contributed by atoms with Gasteiger partial charge >= 0.3 is 0 Å². The molecule has 3 amide bonds. The van der Waals surface area contributed by atoms with Crippen LogP contribution in [-0.4, -0.2) is 87.1 Å². The largest absolute Gasteiger partial charge is 0.497 e. The van der Waals surface area contributed by atoms with Crippen molar-refractivity contribution in [2.24, 2.45) is 0 Å². The average molecular weight is 535 g/mol. The summed E-state index contributed by atoms with van der Waals surface area (Å²) < 4.78 is 10.6. The molecule has 1 N–H and O–H groups in total. The third-order valence-corrected chi connectivity index (χ3v) is 7.64. The zero-order valence-corrected chi connectivity index (χ0v) is 22.0. The van der Waals surface area contributed by atoms with Crippen LogP contribution in [0, 0.1) is 0 Å². The number of ether oxygens (including phenoxy) is 2. The van der Waals surface area contributed by atoms with Crippen LogP contribution < -0.4 is 15.0 Å². The van der Waals surface area contributed by atoms with Crippen LogP contribution in [0.3, 0.4) is 0 Å². The number of hydrogen-bond donors (Lipinski definition) is 1. The molecule has 0 atom stereocenters. The molecule has 2 saturated heterocycles. The van der Waals surface area contributed by atoms with Crippen LogP contribution in [-0.2, 0) is 4.74 Å². The molecule has 2 aromatic carbocycles. The third-order valence-electron chi connectivity index (χ3n) is 6.77. The van der Waals surface area contributed by atoms with Gasteiger partial charge in [-0.2, -0.15) is 0 Å². The minimum atomic E-state index is -0.205. The fourth-order valence-corrected chi connectivity index (χ4v) is 5.28. The lowest BCUT2D eigenvalue weighted by Crippen LogP contribution is -2.49. The van der Waals surface area contributed by atoms with Gasteiger partial charge in [-0.15, -0.1) is 11.3 Å². The predicted octanol–water partition coefficient (Wildman–Crippen LogP) is 3.44. The highest BCUT2D eigenvalue weighted by atomic mass is 32.1. The van der Waals surface area contributed by atoms with Crippen molar-refractivity contribution < 1.29 is 23.9 Å². The lowest BCUT2D eigenvalue weighted by Gasteiger charge is -2.37. The summed E-state index contributed by atoms with van der Waals surface area (Å²) in [4.78, 5) is 45.6. The van der Waals surface area contributed by atoms with E-state index >= 15 is 0 Å². The number of anilines is 2. The molecule has 0 bridgehead atoms. The van der Waals surface area contributed by atoms with Crippen molar-refractivity contribution >= 4 is 40.4 Å². The Labute approximate surface area is 225 Å². The van der Waals surface area contributed by atoms with Gasteiger partial charge in [-0.25, -0.2) is 0 Å². The molecule has 3 heterocycles. The van der Waals surface area contributed by atoms with E-state index in [1.54, 1.807) is 48.4 Å². The van der Waals surface area contributed by atoms with Crippen molar-refractivity contribution in [3.8, 4) is 5.75 Å². The molecule has 9 nitrogen and oxygen atoms in total. The minimum absolute atomic E-state index is 0.0245. The lowest BCUT2D eigenvalue weighted by molar-refractivity contribution is 0.0303. The van der Waals surface area contributed by atoms with Gasteiger partial charge < -0.3 is 29.5 Å². The van der Waals surface area contributed by atoms with Gasteiger partial charge in [0.1, 0.15) is 5.75 Å². The highest BCUT2D eigenvalue weighted by Gasteiger charge is 2.28. The summed E-state index contributed by atoms with van der Waals surface area (Å²) in [6, 6.07) is 16.2. The third kappa shape index (κ3) is 5.66. The van der Waals surface area contributed by atoms with Crippen LogP contribution >= 0.6 is 11.3 Å². The summed E-state index contributed by atoms with van der Waals surface area (Å²) in [5, 5.41) is 4.77. The molecule has 0 aliphatic carbocycles. The van der Waals surface area contributed by atoms with Gasteiger partial charge in [-0.1, -0.05) is 6.07 Å². The molecule has 2 aliphatic rings. The summed E-state index contributed by atoms with van der Waals surface area (Å²) in [7, 11) is 1.60. The number of amides is 3. The van der Waals surface area contributed by atoms with Gasteiger partial charge in [0, 0.05) is 56.2 Å². The van der Waals surface area contributed by atoms with E-state index in [4.69, 9.17) is 9.47 Å². The predicted molar refractivity (Wildman–Crippen MR) is 147 cm³/mol. The van der Waals surface area contributed by atoms with E-state index < -0.39 is 0 Å². The number of nitrogens with one attached hydrogen (secondary N) is 1. The van der Waals surface area contributed by atoms with Crippen LogP contribution in [0.5, 0.6) is 5.75 Å². The van der Waals surface area contributed by atoms with Crippen molar-refractivity contribution in [1.29, 1.82) is 0 Å². The first kappa shape index (κ1) is 25.7. The van der Waals surface area contributed by atoms with Gasteiger partial charge in [-0.05, 0) is 53.9 Å². The zero-order valence-electron chi connectivity index (χ0n) is 21.2. The van der Waals surface area contributed by atoms with Crippen molar-refractivity contribution in [2.75, 3.05) is 69.8 Å². The smallest absolute Gasteiger partial charge is 0.265 e.